The number of piperidine rings is 1. The summed E-state index contributed by atoms with van der Waals surface area (Å²) < 4.78 is 0. The van der Waals surface area contributed by atoms with Crippen LogP contribution in [0.5, 0.6) is 0 Å². The Hall–Kier alpha value is -2.14. The van der Waals surface area contributed by atoms with Crippen molar-refractivity contribution in [3.05, 3.63) is 48.0 Å². The third-order valence-corrected chi connectivity index (χ3v) is 5.66. The predicted molar refractivity (Wildman–Crippen MR) is 103 cm³/mol. The zero-order valence-corrected chi connectivity index (χ0v) is 15.8. The van der Waals surface area contributed by atoms with Gasteiger partial charge in [0, 0.05) is 39.1 Å². The van der Waals surface area contributed by atoms with Gasteiger partial charge in [-0.2, -0.15) is 0 Å². The molecule has 5 heteroatoms. The molecule has 0 bridgehead atoms. The Balaban J connectivity index is 1.66. The van der Waals surface area contributed by atoms with Crippen LogP contribution < -0.4 is 5.32 Å². The van der Waals surface area contributed by atoms with Gasteiger partial charge in [0.2, 0.25) is 11.8 Å². The van der Waals surface area contributed by atoms with Crippen molar-refractivity contribution in [1.82, 2.24) is 15.1 Å². The van der Waals surface area contributed by atoms with Crippen molar-refractivity contribution in [2.24, 2.45) is 5.92 Å². The Kier molecular flexibility index (Phi) is 5.77. The van der Waals surface area contributed by atoms with Crippen LogP contribution in [0.15, 0.2) is 36.9 Å². The fraction of sp³-hybridized carbons (Fsp3) is 0.524. The van der Waals surface area contributed by atoms with E-state index < -0.39 is 0 Å². The first-order valence-corrected chi connectivity index (χ1v) is 9.45. The van der Waals surface area contributed by atoms with Gasteiger partial charge in [0.05, 0.1) is 12.0 Å². The Morgan fingerprint density at radius 3 is 2.54 bits per heavy atom. The quantitative estimate of drug-likeness (QED) is 0.825. The molecular formula is C21H29N3O2. The van der Waals surface area contributed by atoms with Gasteiger partial charge >= 0.3 is 0 Å². The lowest BCUT2D eigenvalue weighted by Crippen LogP contribution is -2.47. The summed E-state index contributed by atoms with van der Waals surface area (Å²) in [4.78, 5) is 29.3. The Morgan fingerprint density at radius 1 is 1.27 bits per heavy atom. The van der Waals surface area contributed by atoms with Crippen molar-refractivity contribution >= 4 is 11.8 Å². The fourth-order valence-corrected chi connectivity index (χ4v) is 4.08. The summed E-state index contributed by atoms with van der Waals surface area (Å²) in [6.45, 7) is 8.67. The number of benzene rings is 1. The molecule has 2 fully saturated rings. The van der Waals surface area contributed by atoms with E-state index in [0.717, 1.165) is 38.0 Å². The largest absolute Gasteiger partial charge is 0.353 e. The summed E-state index contributed by atoms with van der Waals surface area (Å²) in [7, 11) is 1.80. The highest BCUT2D eigenvalue weighted by Gasteiger charge is 2.43. The number of likely N-dealkylation sites (tertiary alicyclic amines) is 2. The molecule has 0 saturated carbocycles. The molecule has 3 rings (SSSR count). The van der Waals surface area contributed by atoms with E-state index in [1.807, 2.05) is 37.3 Å². The molecule has 2 amide bonds. The SMILES string of the molecule is C=CCN1CCC(NC(=O)[C@@H]2CC(=O)N(C)[C@H]2c2ccc(C)cc2)CC1. The van der Waals surface area contributed by atoms with Gasteiger partial charge in [-0.1, -0.05) is 35.9 Å². The van der Waals surface area contributed by atoms with Crippen LogP contribution >= 0.6 is 0 Å². The van der Waals surface area contributed by atoms with Crippen molar-refractivity contribution in [2.45, 2.75) is 38.3 Å². The maximum atomic E-state index is 12.9. The van der Waals surface area contributed by atoms with Crippen LogP contribution in [-0.4, -0.2) is 54.3 Å². The van der Waals surface area contributed by atoms with Gasteiger partial charge in [0.1, 0.15) is 0 Å². The third kappa shape index (κ3) is 3.98. The first-order chi connectivity index (χ1) is 12.5. The van der Waals surface area contributed by atoms with Crippen molar-refractivity contribution in [3.8, 4) is 0 Å². The minimum Gasteiger partial charge on any atom is -0.353 e. The number of nitrogens with one attached hydrogen (secondary N) is 1. The van der Waals surface area contributed by atoms with Crippen LogP contribution in [0.4, 0.5) is 0 Å². The zero-order chi connectivity index (χ0) is 18.7. The molecule has 2 heterocycles. The zero-order valence-electron chi connectivity index (χ0n) is 15.8. The maximum absolute atomic E-state index is 12.9. The topological polar surface area (TPSA) is 52.7 Å². The van der Waals surface area contributed by atoms with Crippen molar-refractivity contribution in [2.75, 3.05) is 26.7 Å². The molecule has 0 aromatic heterocycles. The van der Waals surface area contributed by atoms with Crippen LogP contribution in [0.1, 0.15) is 36.4 Å². The smallest absolute Gasteiger partial charge is 0.226 e. The number of carbonyl (C=O) groups excluding carboxylic acids is 2. The van der Waals surface area contributed by atoms with Crippen LogP contribution in [-0.2, 0) is 9.59 Å². The number of nitrogens with zero attached hydrogens (tertiary/aromatic N) is 2. The number of aryl methyl sites for hydroxylation is 1. The van der Waals surface area contributed by atoms with Gasteiger partial charge in [-0.3, -0.25) is 14.5 Å². The monoisotopic (exact) mass is 355 g/mol. The second-order valence-corrected chi connectivity index (χ2v) is 7.54. The molecule has 1 aromatic carbocycles. The standard InChI is InChI=1S/C21H29N3O2/c1-4-11-24-12-9-17(10-13-24)22-21(26)18-14-19(25)23(3)20(18)16-7-5-15(2)6-8-16/h4-8,17-18,20H,1,9-14H2,2-3H3,(H,22,26)/t18-,20+/m1/s1. The van der Waals surface area contributed by atoms with Gasteiger partial charge in [0.25, 0.3) is 0 Å². The molecule has 1 N–H and O–H groups in total. The first-order valence-electron chi connectivity index (χ1n) is 9.45. The number of hydrogen-bond acceptors (Lipinski definition) is 3. The predicted octanol–water partition coefficient (Wildman–Crippen LogP) is 2.28. The average molecular weight is 355 g/mol. The van der Waals surface area contributed by atoms with E-state index in [0.29, 0.717) is 0 Å². The Morgan fingerprint density at radius 2 is 1.92 bits per heavy atom. The van der Waals surface area contributed by atoms with Crippen molar-refractivity contribution < 1.29 is 9.59 Å². The Labute approximate surface area is 156 Å². The van der Waals surface area contributed by atoms with Crippen LogP contribution in [0.3, 0.4) is 0 Å². The highest BCUT2D eigenvalue weighted by molar-refractivity contribution is 5.90. The van der Waals surface area contributed by atoms with E-state index in [2.05, 4.69) is 16.8 Å². The number of hydrogen-bond donors (Lipinski definition) is 1. The molecule has 5 nitrogen and oxygen atoms in total. The summed E-state index contributed by atoms with van der Waals surface area (Å²) in [5, 5.41) is 3.21. The van der Waals surface area contributed by atoms with Crippen LogP contribution in [0.25, 0.3) is 0 Å². The van der Waals surface area contributed by atoms with Gasteiger partial charge < -0.3 is 10.2 Å². The molecule has 140 valence electrons. The van der Waals surface area contributed by atoms with E-state index in [-0.39, 0.29) is 36.2 Å². The summed E-state index contributed by atoms with van der Waals surface area (Å²) in [6.07, 6.45) is 4.11. The van der Waals surface area contributed by atoms with Gasteiger partial charge in [-0.25, -0.2) is 0 Å². The Bertz CT molecular complexity index is 662. The van der Waals surface area contributed by atoms with Crippen LogP contribution in [0, 0.1) is 12.8 Å². The molecule has 0 spiro atoms. The first kappa shape index (κ1) is 18.6. The lowest BCUT2D eigenvalue weighted by atomic mass is 9.91. The molecule has 2 saturated heterocycles. The average Bonchev–Trinajstić information content (AvgIpc) is 2.93. The lowest BCUT2D eigenvalue weighted by molar-refractivity contribution is -0.128. The van der Waals surface area contributed by atoms with Gasteiger partial charge in [-0.15, -0.1) is 6.58 Å². The molecule has 0 radical (unpaired) electrons. The molecule has 2 aliphatic rings. The number of rotatable bonds is 5. The normalized spacial score (nSPS) is 24.7. The number of amides is 2. The van der Waals surface area contributed by atoms with E-state index in [9.17, 15) is 9.59 Å². The second kappa shape index (κ2) is 8.04. The van der Waals surface area contributed by atoms with Gasteiger partial charge in [0.15, 0.2) is 0 Å². The molecule has 2 atom stereocenters. The number of carbonyl (C=O) groups is 2. The van der Waals surface area contributed by atoms with E-state index >= 15 is 0 Å². The molecule has 26 heavy (non-hydrogen) atoms. The molecule has 0 unspecified atom stereocenters. The van der Waals surface area contributed by atoms with Crippen LogP contribution in [0.2, 0.25) is 0 Å². The van der Waals surface area contributed by atoms with Gasteiger partial charge in [-0.05, 0) is 25.3 Å². The van der Waals surface area contributed by atoms with E-state index in [4.69, 9.17) is 0 Å². The second-order valence-electron chi connectivity index (χ2n) is 7.54. The highest BCUT2D eigenvalue weighted by atomic mass is 16.2. The highest BCUT2D eigenvalue weighted by Crippen LogP contribution is 2.37. The molecule has 2 aliphatic heterocycles. The maximum Gasteiger partial charge on any atom is 0.226 e. The molecule has 1 aromatic rings. The van der Waals surface area contributed by atoms with E-state index in [1.54, 1.807) is 11.9 Å². The van der Waals surface area contributed by atoms with Crippen molar-refractivity contribution in [1.29, 1.82) is 0 Å². The summed E-state index contributed by atoms with van der Waals surface area (Å²) in [5.41, 5.74) is 2.21. The summed E-state index contributed by atoms with van der Waals surface area (Å²) in [5.74, 6) is -0.270. The van der Waals surface area contributed by atoms with E-state index in [1.165, 1.54) is 5.56 Å². The lowest BCUT2D eigenvalue weighted by Gasteiger charge is -2.33. The summed E-state index contributed by atoms with van der Waals surface area (Å²) in [6, 6.07) is 8.16. The molecular weight excluding hydrogens is 326 g/mol. The minimum absolute atomic E-state index is 0.00967. The van der Waals surface area contributed by atoms with Crippen molar-refractivity contribution in [3.63, 3.8) is 0 Å². The third-order valence-electron chi connectivity index (χ3n) is 5.66. The minimum atomic E-state index is -0.318. The fourth-order valence-electron chi connectivity index (χ4n) is 4.08. The molecule has 0 aliphatic carbocycles. The summed E-state index contributed by atoms with van der Waals surface area (Å²) >= 11 is 0.